The highest BCUT2D eigenvalue weighted by molar-refractivity contribution is 5.82. The molecule has 1 aliphatic rings. The van der Waals surface area contributed by atoms with Crippen LogP contribution >= 0.6 is 0 Å². The smallest absolute Gasteiger partial charge is 0.143 e. The number of para-hydroxylation sites is 1. The van der Waals surface area contributed by atoms with Crippen molar-refractivity contribution in [3.63, 3.8) is 0 Å². The van der Waals surface area contributed by atoms with Crippen molar-refractivity contribution < 1.29 is 4.84 Å². The van der Waals surface area contributed by atoms with Crippen LogP contribution in [-0.4, -0.2) is 17.3 Å². The van der Waals surface area contributed by atoms with Gasteiger partial charge in [0.25, 0.3) is 0 Å². The fourth-order valence-electron chi connectivity index (χ4n) is 2.47. The van der Waals surface area contributed by atoms with E-state index in [4.69, 9.17) is 9.82 Å². The van der Waals surface area contributed by atoms with Crippen molar-refractivity contribution >= 4 is 17.1 Å². The minimum absolute atomic E-state index is 0.0266. The van der Waals surface area contributed by atoms with Crippen LogP contribution < -0.4 is 0 Å². The van der Waals surface area contributed by atoms with E-state index < -0.39 is 0 Å². The van der Waals surface area contributed by atoms with Gasteiger partial charge >= 0.3 is 0 Å². The highest BCUT2D eigenvalue weighted by atomic mass is 16.6. The van der Waals surface area contributed by atoms with Crippen molar-refractivity contribution in [3.8, 4) is 0 Å². The van der Waals surface area contributed by atoms with Gasteiger partial charge in [0, 0.05) is 22.9 Å². The van der Waals surface area contributed by atoms with E-state index in [1.54, 1.807) is 0 Å². The molecule has 1 unspecified atom stereocenters. The number of benzene rings is 1. The maximum absolute atomic E-state index is 5.45. The average Bonchev–Trinajstić information content (AvgIpc) is 2.69. The molecule has 0 saturated heterocycles. The number of pyridine rings is 1. The van der Waals surface area contributed by atoms with E-state index in [-0.39, 0.29) is 11.5 Å². The Bertz CT molecular complexity index is 646. The van der Waals surface area contributed by atoms with Gasteiger partial charge in [-0.1, -0.05) is 37.2 Å². The molecule has 0 N–H and O–H groups in total. The van der Waals surface area contributed by atoms with Crippen molar-refractivity contribution in [1.29, 1.82) is 0 Å². The molecule has 3 heteroatoms. The van der Waals surface area contributed by atoms with Gasteiger partial charge in [0.15, 0.2) is 0 Å². The van der Waals surface area contributed by atoms with E-state index in [2.05, 4.69) is 44.1 Å². The Morgan fingerprint density at radius 2 is 2.05 bits per heavy atom. The van der Waals surface area contributed by atoms with Gasteiger partial charge in [-0.2, -0.15) is 0 Å². The number of aromatic nitrogens is 1. The molecule has 0 amide bonds. The predicted molar refractivity (Wildman–Crippen MR) is 77.3 cm³/mol. The lowest BCUT2D eigenvalue weighted by molar-refractivity contribution is 0.0366. The minimum atomic E-state index is -0.0266. The van der Waals surface area contributed by atoms with Crippen LogP contribution in [0, 0.1) is 12.3 Å². The van der Waals surface area contributed by atoms with Gasteiger partial charge in [0.2, 0.25) is 0 Å². The van der Waals surface area contributed by atoms with E-state index in [0.717, 1.165) is 17.6 Å². The molecule has 1 aromatic heterocycles. The normalized spacial score (nSPS) is 20.7. The van der Waals surface area contributed by atoms with Crippen molar-refractivity contribution in [2.45, 2.75) is 33.3 Å². The van der Waals surface area contributed by atoms with Crippen LogP contribution in [0.4, 0.5) is 0 Å². The van der Waals surface area contributed by atoms with Crippen LogP contribution in [-0.2, 0) is 11.3 Å². The van der Waals surface area contributed by atoms with Gasteiger partial charge < -0.3 is 4.84 Å². The standard InChI is InChI=1S/C16H18N2O/c1-11-8-12(9-15-16(2,3)10-17-19-15)18-14-7-5-4-6-13(11)14/h4-8,10,15H,9H2,1-3H3. The number of hydrogen-bond acceptors (Lipinski definition) is 3. The summed E-state index contributed by atoms with van der Waals surface area (Å²) in [5.41, 5.74) is 3.35. The number of oxime groups is 1. The molecule has 1 atom stereocenters. The van der Waals surface area contributed by atoms with Gasteiger partial charge in [-0.05, 0) is 24.6 Å². The molecule has 98 valence electrons. The molecule has 0 radical (unpaired) electrons. The van der Waals surface area contributed by atoms with E-state index in [1.165, 1.54) is 10.9 Å². The van der Waals surface area contributed by atoms with Crippen LogP contribution in [0.25, 0.3) is 10.9 Å². The summed E-state index contributed by atoms with van der Waals surface area (Å²) in [6.45, 7) is 6.41. The summed E-state index contributed by atoms with van der Waals surface area (Å²) in [7, 11) is 0. The van der Waals surface area contributed by atoms with Crippen molar-refractivity contribution in [3.05, 3.63) is 41.6 Å². The van der Waals surface area contributed by atoms with Gasteiger partial charge in [0.05, 0.1) is 11.7 Å². The second-order valence-electron chi connectivity index (χ2n) is 5.80. The number of nitrogens with zero attached hydrogens (tertiary/aromatic N) is 2. The first-order valence-electron chi connectivity index (χ1n) is 6.62. The summed E-state index contributed by atoms with van der Waals surface area (Å²) in [4.78, 5) is 10.2. The zero-order chi connectivity index (χ0) is 13.5. The van der Waals surface area contributed by atoms with Crippen LogP contribution in [0.15, 0.2) is 35.5 Å². The van der Waals surface area contributed by atoms with Gasteiger partial charge in [-0.15, -0.1) is 0 Å². The molecule has 0 spiro atoms. The Kier molecular flexibility index (Phi) is 2.77. The molecule has 1 aromatic carbocycles. The summed E-state index contributed by atoms with van der Waals surface area (Å²) < 4.78 is 0. The van der Waals surface area contributed by atoms with E-state index in [9.17, 15) is 0 Å². The minimum Gasteiger partial charge on any atom is -0.391 e. The third-order valence-electron chi connectivity index (χ3n) is 3.77. The lowest BCUT2D eigenvalue weighted by Crippen LogP contribution is -2.29. The molecule has 0 bridgehead atoms. The quantitative estimate of drug-likeness (QED) is 0.822. The molecule has 1 aliphatic heterocycles. The molecular weight excluding hydrogens is 236 g/mol. The van der Waals surface area contributed by atoms with E-state index in [0.29, 0.717) is 0 Å². The third kappa shape index (κ3) is 2.21. The summed E-state index contributed by atoms with van der Waals surface area (Å²) in [6.07, 6.45) is 2.74. The van der Waals surface area contributed by atoms with Crippen LogP contribution in [0.2, 0.25) is 0 Å². The lowest BCUT2D eigenvalue weighted by atomic mass is 9.86. The van der Waals surface area contributed by atoms with E-state index in [1.807, 2.05) is 18.3 Å². The Labute approximate surface area is 113 Å². The third-order valence-corrected chi connectivity index (χ3v) is 3.77. The number of aryl methyl sites for hydroxylation is 1. The second kappa shape index (κ2) is 4.34. The van der Waals surface area contributed by atoms with Gasteiger partial charge in [-0.25, -0.2) is 0 Å². The highest BCUT2D eigenvalue weighted by Gasteiger charge is 2.34. The van der Waals surface area contributed by atoms with Crippen molar-refractivity contribution in [1.82, 2.24) is 4.98 Å². The lowest BCUT2D eigenvalue weighted by Gasteiger charge is -2.22. The first kappa shape index (κ1) is 12.2. The number of rotatable bonds is 2. The van der Waals surface area contributed by atoms with Crippen molar-refractivity contribution in [2.24, 2.45) is 10.6 Å². The molecular formula is C16H18N2O. The second-order valence-corrected chi connectivity index (χ2v) is 5.80. The summed E-state index contributed by atoms with van der Waals surface area (Å²) in [6, 6.07) is 10.4. The number of fused-ring (bicyclic) bond motifs is 1. The first-order valence-corrected chi connectivity index (χ1v) is 6.62. The van der Waals surface area contributed by atoms with Gasteiger partial charge in [-0.3, -0.25) is 4.98 Å². The molecule has 3 rings (SSSR count). The van der Waals surface area contributed by atoms with Crippen molar-refractivity contribution in [2.75, 3.05) is 0 Å². The molecule has 0 fully saturated rings. The fraction of sp³-hybridized carbons (Fsp3) is 0.375. The SMILES string of the molecule is Cc1cc(CC2ON=CC2(C)C)nc2ccccc12. The van der Waals surface area contributed by atoms with Crippen LogP contribution in [0.1, 0.15) is 25.1 Å². The van der Waals surface area contributed by atoms with Crippen LogP contribution in [0.3, 0.4) is 0 Å². The van der Waals surface area contributed by atoms with E-state index >= 15 is 0 Å². The van der Waals surface area contributed by atoms with Gasteiger partial charge in [0.1, 0.15) is 6.10 Å². The number of hydrogen-bond donors (Lipinski definition) is 0. The zero-order valence-corrected chi connectivity index (χ0v) is 11.6. The molecule has 2 aromatic rings. The highest BCUT2D eigenvalue weighted by Crippen LogP contribution is 2.29. The maximum atomic E-state index is 5.45. The molecule has 2 heterocycles. The largest absolute Gasteiger partial charge is 0.391 e. The molecule has 0 aliphatic carbocycles. The first-order chi connectivity index (χ1) is 9.06. The zero-order valence-electron chi connectivity index (χ0n) is 11.6. The predicted octanol–water partition coefficient (Wildman–Crippen LogP) is 3.50. The van der Waals surface area contributed by atoms with Crippen LogP contribution in [0.5, 0.6) is 0 Å². The summed E-state index contributed by atoms with van der Waals surface area (Å²) >= 11 is 0. The molecule has 19 heavy (non-hydrogen) atoms. The average molecular weight is 254 g/mol. The summed E-state index contributed by atoms with van der Waals surface area (Å²) in [5.74, 6) is 0. The topological polar surface area (TPSA) is 34.5 Å². The Morgan fingerprint density at radius 3 is 2.79 bits per heavy atom. The Balaban J connectivity index is 1.94. The Hall–Kier alpha value is -1.90. The maximum Gasteiger partial charge on any atom is 0.143 e. The molecule has 0 saturated carbocycles. The fourth-order valence-corrected chi connectivity index (χ4v) is 2.47. The molecule has 3 nitrogen and oxygen atoms in total. The monoisotopic (exact) mass is 254 g/mol. The summed E-state index contributed by atoms with van der Waals surface area (Å²) in [5, 5.41) is 5.16. The Morgan fingerprint density at radius 1 is 1.26 bits per heavy atom.